The van der Waals surface area contributed by atoms with Crippen molar-refractivity contribution in [2.24, 2.45) is 0 Å². The van der Waals surface area contributed by atoms with Gasteiger partial charge in [-0.05, 0) is 0 Å². The van der Waals surface area contributed by atoms with Crippen molar-refractivity contribution in [3.05, 3.63) is 0 Å². The van der Waals surface area contributed by atoms with Crippen LogP contribution in [0, 0.1) is 0 Å². The summed E-state index contributed by atoms with van der Waals surface area (Å²) < 4.78 is 105. The fourth-order valence-electron chi connectivity index (χ4n) is 0.791. The molecule has 0 bridgehead atoms. The van der Waals surface area contributed by atoms with E-state index in [1.54, 1.807) is 0 Å². The van der Waals surface area contributed by atoms with E-state index in [9.17, 15) is 99.8 Å². The summed E-state index contributed by atoms with van der Waals surface area (Å²) in [5.74, 6) is 0. The number of phosphoric acid groups is 9. The molecule has 0 saturated carbocycles. The average molecular weight is 870 g/mol. The minimum absolute atomic E-state index is 0. The first kappa shape index (κ1) is 61.6. The normalized spacial score (nSPS) is 19.9. The second kappa shape index (κ2) is 22.2. The zero-order valence-electron chi connectivity index (χ0n) is 18.7. The molecule has 240 valence electrons. The van der Waals surface area contributed by atoms with Gasteiger partial charge in [0, 0.05) is 0 Å². The van der Waals surface area contributed by atoms with Gasteiger partial charge >= 0.3 is 69.4 Å². The van der Waals surface area contributed by atoms with Gasteiger partial charge in [-0.3, -0.25) is 40.3 Å². The predicted octanol–water partition coefficient (Wildman–Crippen LogP) is -11.2. The van der Waals surface area contributed by atoms with Crippen molar-refractivity contribution < 1.29 is 140 Å². The van der Waals surface area contributed by atoms with Crippen LogP contribution in [0.3, 0.4) is 0 Å². The van der Waals surface area contributed by atoms with Gasteiger partial charge in [0.15, 0.2) is 0 Å². The Morgan fingerprint density at radius 2 is 0.419 bits per heavy atom. The van der Waals surface area contributed by atoms with Gasteiger partial charge in [0.25, 0.3) is 46.9 Å². The van der Waals surface area contributed by atoms with E-state index in [4.69, 9.17) is 14.7 Å². The Hall–Kier alpha value is 3.36. The van der Waals surface area contributed by atoms with E-state index in [0.717, 1.165) is 0 Å². The molecule has 0 aromatic carbocycles. The third-order valence-electron chi connectivity index (χ3n) is 1.21. The standard InChI is InChI=1S/4Al.3H5O10P3/c;;;;3*1-11(2,3)9-13(7,8)10-12(4,5)6/h;;;;3*(H,7,8)(H2,1,2,3)(H2,4,5,6)/q4*+3;;;/p-12. The summed E-state index contributed by atoms with van der Waals surface area (Å²) >= 11 is 0. The second-order valence-corrected chi connectivity index (χ2v) is 16.7. The van der Waals surface area contributed by atoms with Crippen molar-refractivity contribution >= 4 is 140 Å². The van der Waals surface area contributed by atoms with Crippen molar-refractivity contribution in [3.63, 3.8) is 0 Å². The van der Waals surface area contributed by atoms with Crippen molar-refractivity contribution in [2.75, 3.05) is 0 Å². The molecule has 43 heteroatoms. The molecule has 0 heterocycles. The molecule has 0 saturated heterocycles. The molecule has 0 rings (SSSR count). The molecular weight excluding hydrogens is 867 g/mol. The SMILES string of the molecule is O=P([O-])([O-])OP(=O)([O-])OP(=O)([O-])O.O=P([O-])([O-])OP(=O)([O-])OP(=O)([O-])O.O=P([O-])([O-])OP(=O)([O-])OP(=O)([O-])O.[Al+3].[Al+3].[Al+3].[Al+3]. The van der Waals surface area contributed by atoms with Crippen LogP contribution in [0.2, 0.25) is 0 Å². The zero-order chi connectivity index (χ0) is 32.7. The molecule has 0 aliphatic rings. The second-order valence-electron chi connectivity index (χ2n) is 4.58. The van der Waals surface area contributed by atoms with Crippen LogP contribution in [0.4, 0.5) is 0 Å². The van der Waals surface area contributed by atoms with Gasteiger partial charge in [-0.1, -0.05) is 0 Å². The van der Waals surface area contributed by atoms with Crippen LogP contribution in [-0.2, 0) is 66.9 Å². The first-order chi connectivity index (χ1) is 16.2. The quantitative estimate of drug-likeness (QED) is 0.121. The molecular formula is H3Al4O30P9. The molecule has 43 heavy (non-hydrogen) atoms. The molecule has 0 aliphatic heterocycles. The van der Waals surface area contributed by atoms with Crippen molar-refractivity contribution in [1.82, 2.24) is 0 Å². The van der Waals surface area contributed by atoms with E-state index in [-0.39, 0.29) is 69.4 Å². The molecule has 6 atom stereocenters. The van der Waals surface area contributed by atoms with Gasteiger partial charge in [0.1, 0.15) is 0 Å². The van der Waals surface area contributed by atoms with E-state index in [2.05, 4.69) is 25.9 Å². The van der Waals surface area contributed by atoms with E-state index in [1.807, 2.05) is 0 Å². The fraction of sp³-hybridized carbons (Fsp3) is 0. The van der Waals surface area contributed by atoms with Gasteiger partial charge < -0.3 is 87.1 Å². The van der Waals surface area contributed by atoms with E-state index >= 15 is 0 Å². The van der Waals surface area contributed by atoms with Crippen LogP contribution in [-0.4, -0.2) is 84.1 Å². The number of hydrogen-bond donors (Lipinski definition) is 3. The third-order valence-corrected chi connectivity index (χ3v) is 10.9. The Labute approximate surface area is 278 Å². The van der Waals surface area contributed by atoms with Gasteiger partial charge in [-0.25, -0.2) is 12.9 Å². The fourth-order valence-corrected chi connectivity index (χ4v) is 7.93. The Balaban J connectivity index is -0.0000000864. The van der Waals surface area contributed by atoms with E-state index in [1.165, 1.54) is 0 Å². The molecule has 0 aromatic heterocycles. The Morgan fingerprint density at radius 3 is 0.488 bits per heavy atom. The molecule has 0 aromatic rings. The maximum atomic E-state index is 10.1. The van der Waals surface area contributed by atoms with Crippen LogP contribution < -0.4 is 58.7 Å². The Morgan fingerprint density at radius 1 is 0.302 bits per heavy atom. The van der Waals surface area contributed by atoms with Crippen molar-refractivity contribution in [3.8, 4) is 0 Å². The maximum absolute atomic E-state index is 10.1. The third kappa shape index (κ3) is 55.0. The van der Waals surface area contributed by atoms with Crippen LogP contribution in [0.5, 0.6) is 0 Å². The van der Waals surface area contributed by atoms with Gasteiger partial charge in [-0.15, -0.1) is 0 Å². The zero-order valence-corrected chi connectivity index (χ0v) is 31.4. The summed E-state index contributed by atoms with van der Waals surface area (Å²) in [5.41, 5.74) is 0. The van der Waals surface area contributed by atoms with Crippen molar-refractivity contribution in [2.45, 2.75) is 0 Å². The van der Waals surface area contributed by atoms with Crippen LogP contribution >= 0.6 is 70.4 Å². The molecule has 6 unspecified atom stereocenters. The summed E-state index contributed by atoms with van der Waals surface area (Å²) in [6.45, 7) is 0. The topological polar surface area (TPSA) is 546 Å². The summed E-state index contributed by atoms with van der Waals surface area (Å²) in [7, 11) is -52.7. The van der Waals surface area contributed by atoms with E-state index < -0.39 is 70.4 Å². The minimum atomic E-state index is -5.95. The first-order valence-corrected chi connectivity index (χ1v) is 19.9. The smallest absolute Gasteiger partial charge is 0.790 e. The number of rotatable bonds is 12. The molecule has 0 aliphatic carbocycles. The van der Waals surface area contributed by atoms with Crippen LogP contribution in [0.25, 0.3) is 0 Å². The molecule has 0 radical (unpaired) electrons. The Bertz CT molecular complexity index is 988. The van der Waals surface area contributed by atoms with Crippen LogP contribution in [0.1, 0.15) is 0 Å². The summed E-state index contributed by atoms with van der Waals surface area (Å²) in [6, 6.07) is 0. The van der Waals surface area contributed by atoms with Gasteiger partial charge in [-0.2, -0.15) is 0 Å². The van der Waals surface area contributed by atoms with Crippen LogP contribution in [0.15, 0.2) is 0 Å². The largest absolute Gasteiger partial charge is 3.00 e. The van der Waals surface area contributed by atoms with E-state index in [0.29, 0.717) is 0 Å². The molecule has 30 nitrogen and oxygen atoms in total. The monoisotopic (exact) mass is 870 g/mol. The van der Waals surface area contributed by atoms with Gasteiger partial charge in [0.05, 0.1) is 23.5 Å². The summed E-state index contributed by atoms with van der Waals surface area (Å²) in [6.07, 6.45) is 0. The molecule has 0 fully saturated rings. The molecule has 0 spiro atoms. The first-order valence-electron chi connectivity index (χ1n) is 6.62. The number of hydrogen-bond acceptors (Lipinski definition) is 27. The van der Waals surface area contributed by atoms with Crippen molar-refractivity contribution in [1.29, 1.82) is 0 Å². The molecule has 3 N–H and O–H groups in total. The Kier molecular flexibility index (Phi) is 31.8. The van der Waals surface area contributed by atoms with Gasteiger partial charge in [0.2, 0.25) is 0 Å². The summed E-state index contributed by atoms with van der Waals surface area (Å²) in [4.78, 5) is 141. The average Bonchev–Trinajstić information content (AvgIpc) is 2.28. The maximum Gasteiger partial charge on any atom is 3.00 e. The molecule has 0 amide bonds. The predicted molar refractivity (Wildman–Crippen MR) is 105 cm³/mol. The summed E-state index contributed by atoms with van der Waals surface area (Å²) in [5, 5.41) is 0. The minimum Gasteiger partial charge on any atom is -0.790 e.